The van der Waals surface area contributed by atoms with E-state index >= 15 is 0 Å². The van der Waals surface area contributed by atoms with Gasteiger partial charge in [0.25, 0.3) is 5.91 Å². The lowest BCUT2D eigenvalue weighted by atomic mass is 10.0. The summed E-state index contributed by atoms with van der Waals surface area (Å²) < 4.78 is 6.53. The summed E-state index contributed by atoms with van der Waals surface area (Å²) >= 11 is 0. The SMILES string of the molecule is CCOC(=O)c1nn(-c2cccc(C#C[C@]3(O)CCN(C)C3=O)c2)cc1NC(=O)C1CC1. The van der Waals surface area contributed by atoms with Gasteiger partial charge in [0.1, 0.15) is 0 Å². The van der Waals surface area contributed by atoms with Gasteiger partial charge in [-0.05, 0) is 38.0 Å². The van der Waals surface area contributed by atoms with Crippen LogP contribution in [0.15, 0.2) is 30.5 Å². The number of hydrogen-bond acceptors (Lipinski definition) is 6. The van der Waals surface area contributed by atoms with Crippen molar-refractivity contribution in [2.75, 3.05) is 25.5 Å². The molecular weight excluding hydrogens is 412 g/mol. The molecule has 0 bridgehead atoms. The molecule has 166 valence electrons. The van der Waals surface area contributed by atoms with Crippen LogP contribution in [0.25, 0.3) is 5.69 Å². The minimum atomic E-state index is -1.69. The number of benzene rings is 1. The number of aliphatic hydroxyl groups is 1. The Labute approximate surface area is 185 Å². The normalized spacial score (nSPS) is 20.0. The minimum Gasteiger partial charge on any atom is -0.461 e. The highest BCUT2D eigenvalue weighted by Gasteiger charge is 2.42. The van der Waals surface area contributed by atoms with E-state index < -0.39 is 17.5 Å². The Hall–Kier alpha value is -3.64. The molecule has 0 radical (unpaired) electrons. The van der Waals surface area contributed by atoms with Gasteiger partial charge in [0.2, 0.25) is 11.5 Å². The molecule has 1 atom stereocenters. The van der Waals surface area contributed by atoms with E-state index in [-0.39, 0.29) is 36.2 Å². The first-order valence-corrected chi connectivity index (χ1v) is 10.5. The van der Waals surface area contributed by atoms with Gasteiger partial charge in [0.15, 0.2) is 5.69 Å². The zero-order valence-corrected chi connectivity index (χ0v) is 17.9. The number of carbonyl (C=O) groups excluding carboxylic acids is 3. The zero-order chi connectivity index (χ0) is 22.9. The molecule has 32 heavy (non-hydrogen) atoms. The van der Waals surface area contributed by atoms with Crippen LogP contribution in [-0.4, -0.2) is 63.4 Å². The van der Waals surface area contributed by atoms with Crippen molar-refractivity contribution in [2.24, 2.45) is 5.92 Å². The van der Waals surface area contributed by atoms with Crippen LogP contribution in [0.1, 0.15) is 42.2 Å². The minimum absolute atomic E-state index is 0.0197. The molecule has 1 aromatic heterocycles. The fourth-order valence-electron chi connectivity index (χ4n) is 3.40. The van der Waals surface area contributed by atoms with Crippen molar-refractivity contribution in [3.8, 4) is 17.5 Å². The second-order valence-corrected chi connectivity index (χ2v) is 7.96. The summed E-state index contributed by atoms with van der Waals surface area (Å²) in [4.78, 5) is 38.1. The van der Waals surface area contributed by atoms with Gasteiger partial charge < -0.3 is 20.1 Å². The first-order valence-electron chi connectivity index (χ1n) is 10.5. The van der Waals surface area contributed by atoms with E-state index in [1.807, 2.05) is 0 Å². The molecule has 1 saturated heterocycles. The second kappa shape index (κ2) is 8.48. The highest BCUT2D eigenvalue weighted by atomic mass is 16.5. The number of likely N-dealkylation sites (N-methyl/N-ethyl adjacent to an activating group) is 1. The van der Waals surface area contributed by atoms with Crippen molar-refractivity contribution >= 4 is 23.5 Å². The lowest BCUT2D eigenvalue weighted by Gasteiger charge is -2.13. The predicted molar refractivity (Wildman–Crippen MR) is 115 cm³/mol. The van der Waals surface area contributed by atoms with E-state index in [4.69, 9.17) is 4.74 Å². The van der Waals surface area contributed by atoms with Gasteiger partial charge in [-0.15, -0.1) is 0 Å². The molecule has 2 aromatic rings. The molecule has 1 aliphatic heterocycles. The second-order valence-electron chi connectivity index (χ2n) is 7.96. The van der Waals surface area contributed by atoms with Crippen LogP contribution in [0.4, 0.5) is 5.69 Å². The molecule has 2 aliphatic rings. The Bertz CT molecular complexity index is 1140. The number of nitrogens with zero attached hydrogens (tertiary/aromatic N) is 3. The van der Waals surface area contributed by atoms with Crippen LogP contribution in [0.5, 0.6) is 0 Å². The van der Waals surface area contributed by atoms with Crippen molar-refractivity contribution in [3.63, 3.8) is 0 Å². The first kappa shape index (κ1) is 21.6. The smallest absolute Gasteiger partial charge is 0.361 e. The maximum absolute atomic E-state index is 12.4. The van der Waals surface area contributed by atoms with E-state index in [0.29, 0.717) is 17.8 Å². The van der Waals surface area contributed by atoms with E-state index in [1.54, 1.807) is 44.4 Å². The maximum Gasteiger partial charge on any atom is 0.361 e. The highest BCUT2D eigenvalue weighted by Crippen LogP contribution is 2.31. The quantitative estimate of drug-likeness (QED) is 0.540. The van der Waals surface area contributed by atoms with Gasteiger partial charge in [0, 0.05) is 31.5 Å². The third-order valence-corrected chi connectivity index (χ3v) is 5.42. The van der Waals surface area contributed by atoms with Crippen molar-refractivity contribution in [3.05, 3.63) is 41.7 Å². The molecule has 0 spiro atoms. The predicted octanol–water partition coefficient (Wildman–Crippen LogP) is 1.34. The summed E-state index contributed by atoms with van der Waals surface area (Å²) in [5.74, 6) is 4.33. The number of rotatable bonds is 5. The van der Waals surface area contributed by atoms with Crippen molar-refractivity contribution in [1.82, 2.24) is 14.7 Å². The van der Waals surface area contributed by atoms with Gasteiger partial charge in [0.05, 0.1) is 24.2 Å². The largest absolute Gasteiger partial charge is 0.461 e. The van der Waals surface area contributed by atoms with E-state index in [9.17, 15) is 19.5 Å². The molecule has 4 rings (SSSR count). The number of anilines is 1. The molecule has 2 amide bonds. The van der Waals surface area contributed by atoms with Gasteiger partial charge in [-0.2, -0.15) is 5.10 Å². The van der Waals surface area contributed by atoms with Gasteiger partial charge in [-0.25, -0.2) is 9.48 Å². The van der Waals surface area contributed by atoms with Crippen LogP contribution in [0, 0.1) is 17.8 Å². The van der Waals surface area contributed by atoms with Crippen LogP contribution in [0.2, 0.25) is 0 Å². The molecule has 1 aliphatic carbocycles. The Morgan fingerprint density at radius 3 is 2.81 bits per heavy atom. The molecule has 9 heteroatoms. The number of nitrogens with one attached hydrogen (secondary N) is 1. The summed E-state index contributed by atoms with van der Waals surface area (Å²) in [6, 6.07) is 6.98. The third kappa shape index (κ3) is 4.36. The molecule has 0 unspecified atom stereocenters. The molecular formula is C23H24N4O5. The van der Waals surface area contributed by atoms with Crippen molar-refractivity contribution in [1.29, 1.82) is 0 Å². The average Bonchev–Trinajstić information content (AvgIpc) is 3.51. The van der Waals surface area contributed by atoms with Gasteiger partial charge >= 0.3 is 5.97 Å². The number of aromatic nitrogens is 2. The fraction of sp³-hybridized carbons (Fsp3) is 0.391. The van der Waals surface area contributed by atoms with Crippen molar-refractivity contribution in [2.45, 2.75) is 31.8 Å². The van der Waals surface area contributed by atoms with Crippen LogP contribution >= 0.6 is 0 Å². The van der Waals surface area contributed by atoms with Crippen LogP contribution < -0.4 is 5.32 Å². The van der Waals surface area contributed by atoms with E-state index in [2.05, 4.69) is 22.3 Å². The number of carbonyl (C=O) groups is 3. The molecule has 2 N–H and O–H groups in total. The summed E-state index contributed by atoms with van der Waals surface area (Å²) in [6.07, 6.45) is 3.48. The highest BCUT2D eigenvalue weighted by molar-refractivity contribution is 6.01. The molecule has 2 heterocycles. The van der Waals surface area contributed by atoms with Crippen molar-refractivity contribution < 1.29 is 24.2 Å². The average molecular weight is 436 g/mol. The molecule has 2 fully saturated rings. The number of esters is 1. The van der Waals surface area contributed by atoms with Crippen LogP contribution in [0.3, 0.4) is 0 Å². The molecule has 9 nitrogen and oxygen atoms in total. The topological polar surface area (TPSA) is 114 Å². The number of ether oxygens (including phenoxy) is 1. The monoisotopic (exact) mass is 436 g/mol. The standard InChI is InChI=1S/C23H24N4O5/c1-3-32-21(29)19-18(24-20(28)16-7-8-16)14-27(25-19)17-6-4-5-15(13-17)9-10-23(31)11-12-26(2)22(23)30/h4-6,13-14,16,31H,3,7-8,11-12H2,1-2H3,(H,24,28)/t23-/m0/s1. The molecule has 1 saturated carbocycles. The first-order chi connectivity index (χ1) is 15.3. The number of hydrogen-bond donors (Lipinski definition) is 2. The van der Waals surface area contributed by atoms with Gasteiger partial charge in [-0.1, -0.05) is 17.9 Å². The third-order valence-electron chi connectivity index (χ3n) is 5.42. The lowest BCUT2D eigenvalue weighted by Crippen LogP contribution is -2.37. The summed E-state index contributed by atoms with van der Waals surface area (Å²) in [5, 5.41) is 17.6. The lowest BCUT2D eigenvalue weighted by molar-refractivity contribution is -0.137. The van der Waals surface area contributed by atoms with E-state index in [1.165, 1.54) is 9.58 Å². The molecule has 1 aromatic carbocycles. The Kier molecular flexibility index (Phi) is 5.72. The Morgan fingerprint density at radius 2 is 2.16 bits per heavy atom. The Morgan fingerprint density at radius 1 is 1.38 bits per heavy atom. The van der Waals surface area contributed by atoms with Crippen LogP contribution in [-0.2, 0) is 14.3 Å². The zero-order valence-electron chi connectivity index (χ0n) is 17.9. The summed E-state index contributed by atoms with van der Waals surface area (Å²) in [7, 11) is 1.63. The summed E-state index contributed by atoms with van der Waals surface area (Å²) in [6.45, 7) is 2.33. The number of amides is 2. The maximum atomic E-state index is 12.4. The number of likely N-dealkylation sites (tertiary alicyclic amines) is 1. The summed E-state index contributed by atoms with van der Waals surface area (Å²) in [5.41, 5.74) is -0.225. The van der Waals surface area contributed by atoms with Gasteiger partial charge in [-0.3, -0.25) is 9.59 Å². The Balaban J connectivity index is 1.62. The fourth-order valence-corrected chi connectivity index (χ4v) is 3.40. The van der Waals surface area contributed by atoms with E-state index in [0.717, 1.165) is 12.8 Å².